The van der Waals surface area contributed by atoms with Gasteiger partial charge in [-0.2, -0.15) is 5.10 Å². The Morgan fingerprint density at radius 1 is 0.964 bits per heavy atom. The molecule has 0 aliphatic heterocycles. The van der Waals surface area contributed by atoms with Crippen LogP contribution < -0.4 is 29.7 Å². The van der Waals surface area contributed by atoms with Crippen LogP contribution in [0.5, 0.6) is 23.0 Å². The van der Waals surface area contributed by atoms with Gasteiger partial charge in [0.2, 0.25) is 5.75 Å². The van der Waals surface area contributed by atoms with Crippen molar-refractivity contribution >= 4 is 17.8 Å². The number of hydrazone groups is 1. The average molecular weight is 387 g/mol. The number of carbonyl (C=O) groups is 1. The number of carbonyl (C=O) groups excluding carboxylic acids is 1. The maximum absolute atomic E-state index is 12.2. The first-order chi connectivity index (χ1) is 13.5. The fourth-order valence-electron chi connectivity index (χ4n) is 2.45. The lowest BCUT2D eigenvalue weighted by atomic mass is 10.2. The standard InChI is InChI=1S/C20H25N3O5/c1-13(22-15-6-8-16(25-2)9-7-15)20(24)23-21-12-14-10-17(26-3)19(28-5)18(11-14)27-4/h6-13,22H,1-5H3,(H,23,24). The monoisotopic (exact) mass is 387 g/mol. The molecule has 0 aromatic heterocycles. The normalized spacial score (nSPS) is 11.6. The van der Waals surface area contributed by atoms with Gasteiger partial charge in [0.1, 0.15) is 11.8 Å². The van der Waals surface area contributed by atoms with E-state index in [1.54, 1.807) is 26.2 Å². The van der Waals surface area contributed by atoms with Crippen LogP contribution in [0.2, 0.25) is 0 Å². The van der Waals surface area contributed by atoms with E-state index in [1.165, 1.54) is 27.5 Å². The van der Waals surface area contributed by atoms with E-state index >= 15 is 0 Å². The first-order valence-corrected chi connectivity index (χ1v) is 8.55. The highest BCUT2D eigenvalue weighted by atomic mass is 16.5. The molecule has 0 fully saturated rings. The Morgan fingerprint density at radius 2 is 1.57 bits per heavy atom. The van der Waals surface area contributed by atoms with Crippen LogP contribution >= 0.6 is 0 Å². The molecule has 1 atom stereocenters. The second kappa shape index (κ2) is 10.1. The van der Waals surface area contributed by atoms with Crippen LogP contribution in [0.3, 0.4) is 0 Å². The Morgan fingerprint density at radius 3 is 2.07 bits per heavy atom. The molecule has 0 aliphatic rings. The molecule has 1 unspecified atom stereocenters. The molecule has 0 saturated heterocycles. The molecule has 28 heavy (non-hydrogen) atoms. The van der Waals surface area contributed by atoms with E-state index in [0.717, 1.165) is 11.4 Å². The van der Waals surface area contributed by atoms with Gasteiger partial charge in [0.05, 0.1) is 34.7 Å². The van der Waals surface area contributed by atoms with Crippen LogP contribution in [-0.4, -0.2) is 46.6 Å². The lowest BCUT2D eigenvalue weighted by molar-refractivity contribution is -0.121. The predicted molar refractivity (Wildman–Crippen MR) is 108 cm³/mol. The number of hydrogen-bond acceptors (Lipinski definition) is 7. The lowest BCUT2D eigenvalue weighted by Crippen LogP contribution is -2.34. The highest BCUT2D eigenvalue weighted by molar-refractivity contribution is 5.87. The average Bonchev–Trinajstić information content (AvgIpc) is 2.73. The zero-order valence-electron chi connectivity index (χ0n) is 16.6. The molecule has 0 radical (unpaired) electrons. The molecule has 0 spiro atoms. The number of ether oxygens (including phenoxy) is 4. The Bertz CT molecular complexity index is 796. The number of hydrogen-bond donors (Lipinski definition) is 2. The molecule has 8 heteroatoms. The van der Waals surface area contributed by atoms with Crippen LogP contribution in [0.25, 0.3) is 0 Å². The summed E-state index contributed by atoms with van der Waals surface area (Å²) in [5.41, 5.74) is 4.00. The van der Waals surface area contributed by atoms with Crippen molar-refractivity contribution in [2.45, 2.75) is 13.0 Å². The number of methoxy groups -OCH3 is 4. The number of nitrogens with zero attached hydrogens (tertiary/aromatic N) is 1. The third-order valence-corrected chi connectivity index (χ3v) is 3.94. The van der Waals surface area contributed by atoms with Crippen molar-refractivity contribution in [3.8, 4) is 23.0 Å². The Labute approximate surface area is 164 Å². The lowest BCUT2D eigenvalue weighted by Gasteiger charge is -2.14. The van der Waals surface area contributed by atoms with Crippen molar-refractivity contribution < 1.29 is 23.7 Å². The summed E-state index contributed by atoms with van der Waals surface area (Å²) < 4.78 is 21.0. The molecule has 8 nitrogen and oxygen atoms in total. The van der Waals surface area contributed by atoms with Gasteiger partial charge in [-0.1, -0.05) is 0 Å². The number of anilines is 1. The van der Waals surface area contributed by atoms with Gasteiger partial charge in [-0.3, -0.25) is 4.79 Å². The maximum Gasteiger partial charge on any atom is 0.262 e. The highest BCUT2D eigenvalue weighted by Crippen LogP contribution is 2.37. The van der Waals surface area contributed by atoms with Crippen LogP contribution in [0.15, 0.2) is 41.5 Å². The third kappa shape index (κ3) is 5.29. The Balaban J connectivity index is 2.00. The molecule has 2 aromatic rings. The third-order valence-electron chi connectivity index (χ3n) is 3.94. The van der Waals surface area contributed by atoms with E-state index in [0.29, 0.717) is 22.8 Å². The van der Waals surface area contributed by atoms with Crippen LogP contribution in [0.1, 0.15) is 12.5 Å². The van der Waals surface area contributed by atoms with Crippen LogP contribution in [-0.2, 0) is 4.79 Å². The molecule has 0 heterocycles. The molecule has 2 rings (SSSR count). The minimum atomic E-state index is -0.481. The number of benzene rings is 2. The molecule has 150 valence electrons. The van der Waals surface area contributed by atoms with E-state index < -0.39 is 6.04 Å². The summed E-state index contributed by atoms with van der Waals surface area (Å²) in [6, 6.07) is 10.3. The van der Waals surface area contributed by atoms with Gasteiger partial charge in [0, 0.05) is 11.3 Å². The molecule has 2 aromatic carbocycles. The van der Waals surface area contributed by atoms with Crippen LogP contribution in [0.4, 0.5) is 5.69 Å². The minimum absolute atomic E-state index is 0.278. The largest absolute Gasteiger partial charge is 0.497 e. The van der Waals surface area contributed by atoms with Crippen molar-refractivity contribution in [2.75, 3.05) is 33.8 Å². The van der Waals surface area contributed by atoms with E-state index in [9.17, 15) is 4.79 Å². The predicted octanol–water partition coefficient (Wildman–Crippen LogP) is 2.67. The second-order valence-electron chi connectivity index (χ2n) is 5.79. The molecule has 0 aliphatic carbocycles. The van der Waals surface area contributed by atoms with Gasteiger partial charge in [0.25, 0.3) is 5.91 Å². The summed E-state index contributed by atoms with van der Waals surface area (Å²) in [5.74, 6) is 1.97. The van der Waals surface area contributed by atoms with Crippen molar-refractivity contribution in [3.63, 3.8) is 0 Å². The van der Waals surface area contributed by atoms with Gasteiger partial charge < -0.3 is 24.3 Å². The molecule has 0 saturated carbocycles. The van der Waals surface area contributed by atoms with Gasteiger partial charge in [-0.05, 0) is 43.3 Å². The van der Waals surface area contributed by atoms with E-state index in [2.05, 4.69) is 15.8 Å². The second-order valence-corrected chi connectivity index (χ2v) is 5.79. The number of amides is 1. The highest BCUT2D eigenvalue weighted by Gasteiger charge is 2.13. The molecule has 0 bridgehead atoms. The van der Waals surface area contributed by atoms with Gasteiger partial charge in [-0.25, -0.2) is 5.43 Å². The van der Waals surface area contributed by atoms with Crippen molar-refractivity contribution in [2.24, 2.45) is 5.10 Å². The molecule has 1 amide bonds. The maximum atomic E-state index is 12.2. The van der Waals surface area contributed by atoms with Crippen molar-refractivity contribution in [1.82, 2.24) is 5.43 Å². The van der Waals surface area contributed by atoms with Gasteiger partial charge in [-0.15, -0.1) is 0 Å². The van der Waals surface area contributed by atoms with Gasteiger partial charge in [0.15, 0.2) is 11.5 Å². The fourth-order valence-corrected chi connectivity index (χ4v) is 2.45. The Hall–Kier alpha value is -3.42. The first kappa shape index (κ1) is 20.9. The summed E-state index contributed by atoms with van der Waals surface area (Å²) in [6.45, 7) is 1.74. The Kier molecular flexibility index (Phi) is 7.50. The SMILES string of the molecule is COc1ccc(NC(C)C(=O)NN=Cc2cc(OC)c(OC)c(OC)c2)cc1. The summed E-state index contributed by atoms with van der Waals surface area (Å²) in [6.07, 6.45) is 1.50. The summed E-state index contributed by atoms with van der Waals surface area (Å²) in [5, 5.41) is 7.10. The zero-order valence-corrected chi connectivity index (χ0v) is 16.6. The van der Waals surface area contributed by atoms with Gasteiger partial charge >= 0.3 is 0 Å². The topological polar surface area (TPSA) is 90.4 Å². The number of nitrogens with one attached hydrogen (secondary N) is 2. The smallest absolute Gasteiger partial charge is 0.262 e. The summed E-state index contributed by atoms with van der Waals surface area (Å²) in [4.78, 5) is 12.2. The fraction of sp³-hybridized carbons (Fsp3) is 0.300. The van der Waals surface area contributed by atoms with E-state index in [-0.39, 0.29) is 5.91 Å². The van der Waals surface area contributed by atoms with E-state index in [1.807, 2.05) is 24.3 Å². The van der Waals surface area contributed by atoms with Crippen molar-refractivity contribution in [3.05, 3.63) is 42.0 Å². The molecular weight excluding hydrogens is 362 g/mol. The molecule has 2 N–H and O–H groups in total. The number of rotatable bonds is 9. The van der Waals surface area contributed by atoms with E-state index in [4.69, 9.17) is 18.9 Å². The van der Waals surface area contributed by atoms with Crippen LogP contribution in [0, 0.1) is 0 Å². The minimum Gasteiger partial charge on any atom is -0.497 e. The van der Waals surface area contributed by atoms with Crippen molar-refractivity contribution in [1.29, 1.82) is 0 Å². The molecular formula is C20H25N3O5. The first-order valence-electron chi connectivity index (χ1n) is 8.55. The quantitative estimate of drug-likeness (QED) is 0.508. The summed E-state index contributed by atoms with van der Waals surface area (Å²) >= 11 is 0. The summed E-state index contributed by atoms with van der Waals surface area (Å²) in [7, 11) is 6.20. The zero-order chi connectivity index (χ0) is 20.5.